The molecule has 11 nitrogen and oxygen atoms in total. The average Bonchev–Trinajstić information content (AvgIpc) is 3.47. The molecule has 5 heterocycles. The molecule has 2 amide bonds. The van der Waals surface area contributed by atoms with E-state index < -0.39 is 17.2 Å². The van der Waals surface area contributed by atoms with Crippen LogP contribution >= 0.6 is 0 Å². The van der Waals surface area contributed by atoms with Gasteiger partial charge in [0.05, 0.1) is 41.0 Å². The maximum absolute atomic E-state index is 15.2. The van der Waals surface area contributed by atoms with Crippen molar-refractivity contribution < 1.29 is 28.5 Å². The summed E-state index contributed by atoms with van der Waals surface area (Å²) in [4.78, 5) is 37.3. The molecule has 0 N–H and O–H groups in total. The van der Waals surface area contributed by atoms with Crippen molar-refractivity contribution in [2.24, 2.45) is 0 Å². The minimum Gasteiger partial charge on any atom is -0.465 e. The Morgan fingerprint density at radius 3 is 2.31 bits per heavy atom. The smallest absolute Gasteiger partial charge is 0.410 e. The SMILES string of the molecule is Cc1nn(C2CCCCO2)c2nc(-c3ccc(OC4CCCCO4)cc3)cc(C(=O)N3CCN(C(=O)OC(C)(C)C)CC3(C)c3ccccc3)c12. The van der Waals surface area contributed by atoms with Crippen LogP contribution in [0.15, 0.2) is 60.7 Å². The molecule has 0 spiro atoms. The summed E-state index contributed by atoms with van der Waals surface area (Å²) >= 11 is 0. The van der Waals surface area contributed by atoms with Crippen molar-refractivity contribution >= 4 is 23.0 Å². The lowest BCUT2D eigenvalue weighted by Gasteiger charge is -2.49. The van der Waals surface area contributed by atoms with Crippen molar-refractivity contribution in [2.45, 2.75) is 96.8 Å². The second-order valence-corrected chi connectivity index (χ2v) is 15.0. The van der Waals surface area contributed by atoms with Crippen LogP contribution in [-0.4, -0.2) is 81.3 Å². The summed E-state index contributed by atoms with van der Waals surface area (Å²) in [5.74, 6) is 0.571. The molecule has 270 valence electrons. The van der Waals surface area contributed by atoms with Crippen molar-refractivity contribution in [1.82, 2.24) is 24.6 Å². The van der Waals surface area contributed by atoms with Gasteiger partial charge in [-0.2, -0.15) is 5.10 Å². The molecule has 11 heteroatoms. The van der Waals surface area contributed by atoms with Crippen LogP contribution in [0.25, 0.3) is 22.3 Å². The molecule has 7 rings (SSSR count). The Hall–Kier alpha value is -4.48. The predicted molar refractivity (Wildman–Crippen MR) is 193 cm³/mol. The topological polar surface area (TPSA) is 108 Å². The van der Waals surface area contributed by atoms with E-state index in [0.717, 1.165) is 55.4 Å². The normalized spacial score (nSPS) is 22.9. The van der Waals surface area contributed by atoms with Gasteiger partial charge in [0.2, 0.25) is 0 Å². The van der Waals surface area contributed by atoms with Gasteiger partial charge < -0.3 is 28.7 Å². The molecule has 2 aromatic carbocycles. The molecule has 0 aliphatic carbocycles. The minimum absolute atomic E-state index is 0.152. The summed E-state index contributed by atoms with van der Waals surface area (Å²) in [7, 11) is 0. The lowest BCUT2D eigenvalue weighted by molar-refractivity contribution is -0.105. The molecule has 0 saturated carbocycles. The molecule has 0 radical (unpaired) electrons. The number of benzene rings is 2. The van der Waals surface area contributed by atoms with Crippen molar-refractivity contribution in [3.63, 3.8) is 0 Å². The average molecular weight is 696 g/mol. The van der Waals surface area contributed by atoms with Crippen LogP contribution in [0, 0.1) is 6.92 Å². The number of amides is 2. The van der Waals surface area contributed by atoms with Gasteiger partial charge in [-0.3, -0.25) is 4.79 Å². The quantitative estimate of drug-likeness (QED) is 0.203. The minimum atomic E-state index is -0.847. The van der Waals surface area contributed by atoms with Crippen LogP contribution in [-0.2, 0) is 19.7 Å². The number of ether oxygens (including phenoxy) is 4. The molecule has 4 aromatic rings. The van der Waals surface area contributed by atoms with Crippen LogP contribution in [0.5, 0.6) is 5.75 Å². The Balaban J connectivity index is 1.30. The Morgan fingerprint density at radius 2 is 1.65 bits per heavy atom. The number of rotatable bonds is 6. The second-order valence-electron chi connectivity index (χ2n) is 15.0. The molecule has 3 aliphatic heterocycles. The second kappa shape index (κ2) is 14.3. The van der Waals surface area contributed by atoms with Gasteiger partial charge in [-0.05, 0) is 103 Å². The lowest BCUT2D eigenvalue weighted by Crippen LogP contribution is -2.62. The molecule has 51 heavy (non-hydrogen) atoms. The number of carbonyl (C=O) groups is 2. The van der Waals surface area contributed by atoms with Crippen LogP contribution in [0.1, 0.15) is 94.1 Å². The third-order valence-corrected chi connectivity index (χ3v) is 10.0. The lowest BCUT2D eigenvalue weighted by atomic mass is 9.86. The summed E-state index contributed by atoms with van der Waals surface area (Å²) < 4.78 is 25.7. The van der Waals surface area contributed by atoms with E-state index in [1.54, 1.807) is 4.90 Å². The number of aromatic nitrogens is 3. The molecular weight excluding hydrogens is 646 g/mol. The molecule has 3 fully saturated rings. The number of hydrogen-bond acceptors (Lipinski definition) is 8. The van der Waals surface area contributed by atoms with Gasteiger partial charge in [0.25, 0.3) is 5.91 Å². The monoisotopic (exact) mass is 695 g/mol. The highest BCUT2D eigenvalue weighted by molar-refractivity contribution is 6.08. The van der Waals surface area contributed by atoms with Crippen LogP contribution in [0.3, 0.4) is 0 Å². The van der Waals surface area contributed by atoms with E-state index in [-0.39, 0.29) is 25.0 Å². The van der Waals surface area contributed by atoms with Gasteiger partial charge in [-0.15, -0.1) is 0 Å². The zero-order valence-corrected chi connectivity index (χ0v) is 30.4. The van der Waals surface area contributed by atoms with E-state index >= 15 is 4.79 Å². The van der Waals surface area contributed by atoms with E-state index in [9.17, 15) is 4.79 Å². The van der Waals surface area contributed by atoms with Gasteiger partial charge in [0, 0.05) is 31.7 Å². The van der Waals surface area contributed by atoms with Crippen molar-refractivity contribution in [3.8, 4) is 17.0 Å². The predicted octanol–water partition coefficient (Wildman–Crippen LogP) is 7.62. The number of fused-ring (bicyclic) bond motifs is 1. The molecule has 0 bridgehead atoms. The van der Waals surface area contributed by atoms with Gasteiger partial charge in [0.15, 0.2) is 18.2 Å². The summed E-state index contributed by atoms with van der Waals surface area (Å²) in [5, 5.41) is 5.64. The van der Waals surface area contributed by atoms with E-state index in [2.05, 4.69) is 0 Å². The first-order valence-corrected chi connectivity index (χ1v) is 18.3. The van der Waals surface area contributed by atoms with Crippen LogP contribution in [0.2, 0.25) is 0 Å². The summed E-state index contributed by atoms with van der Waals surface area (Å²) in [6.45, 7) is 11.8. The van der Waals surface area contributed by atoms with E-state index in [1.165, 1.54) is 0 Å². The fraction of sp³-hybridized carbons (Fsp3) is 0.500. The van der Waals surface area contributed by atoms with Crippen molar-refractivity contribution in [1.29, 1.82) is 0 Å². The van der Waals surface area contributed by atoms with E-state index in [0.29, 0.717) is 54.3 Å². The highest BCUT2D eigenvalue weighted by Crippen LogP contribution is 2.38. The van der Waals surface area contributed by atoms with Gasteiger partial charge in [-0.1, -0.05) is 30.3 Å². The number of nitrogens with zero attached hydrogens (tertiary/aromatic N) is 5. The summed E-state index contributed by atoms with van der Waals surface area (Å²) in [5.41, 5.74) is 2.78. The number of aryl methyl sites for hydroxylation is 1. The van der Waals surface area contributed by atoms with Crippen LogP contribution < -0.4 is 4.74 Å². The van der Waals surface area contributed by atoms with Gasteiger partial charge >= 0.3 is 6.09 Å². The van der Waals surface area contributed by atoms with Crippen LogP contribution in [0.4, 0.5) is 4.79 Å². The first kappa shape index (κ1) is 34.9. The first-order valence-electron chi connectivity index (χ1n) is 18.3. The Bertz CT molecular complexity index is 1860. The Kier molecular flexibility index (Phi) is 9.78. The molecule has 3 saturated heterocycles. The molecule has 2 aromatic heterocycles. The number of carbonyl (C=O) groups excluding carboxylic acids is 2. The number of piperazine rings is 1. The summed E-state index contributed by atoms with van der Waals surface area (Å²) in [6, 6.07) is 19.6. The maximum Gasteiger partial charge on any atom is 0.410 e. The molecule has 3 unspecified atom stereocenters. The Labute approximate surface area is 299 Å². The van der Waals surface area contributed by atoms with Crippen molar-refractivity contribution in [3.05, 3.63) is 77.5 Å². The fourth-order valence-electron chi connectivity index (χ4n) is 7.41. The van der Waals surface area contributed by atoms with Crippen molar-refractivity contribution in [2.75, 3.05) is 32.8 Å². The standard InChI is InChI=1S/C40H49N5O6/c1-27-35-31(37(46)44-22-21-43(38(47)51-39(2,3)4)26-40(44,5)29-13-7-6-8-14-29)25-32(41-36(35)45(42-27)33-15-9-11-23-48-33)28-17-19-30(20-18-28)50-34-16-10-12-24-49-34/h6-8,13-14,17-20,25,33-34H,9-12,15-16,21-24,26H2,1-5H3. The van der Waals surface area contributed by atoms with Gasteiger partial charge in [-0.25, -0.2) is 14.5 Å². The zero-order valence-electron chi connectivity index (χ0n) is 30.4. The third kappa shape index (κ3) is 7.32. The fourth-order valence-corrected chi connectivity index (χ4v) is 7.41. The third-order valence-electron chi connectivity index (χ3n) is 10.0. The van der Waals surface area contributed by atoms with Gasteiger partial charge in [0.1, 0.15) is 11.4 Å². The molecular formula is C40H49N5O6. The number of hydrogen-bond donors (Lipinski definition) is 0. The highest BCUT2D eigenvalue weighted by Gasteiger charge is 2.45. The molecule has 3 atom stereocenters. The van der Waals surface area contributed by atoms with E-state index in [1.807, 2.05) is 105 Å². The highest BCUT2D eigenvalue weighted by atomic mass is 16.7. The largest absolute Gasteiger partial charge is 0.465 e. The molecule has 3 aliphatic rings. The summed E-state index contributed by atoms with van der Waals surface area (Å²) in [6.07, 6.45) is 4.96. The first-order chi connectivity index (χ1) is 24.5. The van der Waals surface area contributed by atoms with E-state index in [4.69, 9.17) is 29.0 Å². The maximum atomic E-state index is 15.2. The zero-order chi connectivity index (χ0) is 35.8. The Morgan fingerprint density at radius 1 is 0.922 bits per heavy atom. The number of pyridine rings is 1.